The first-order valence-electron chi connectivity index (χ1n) is 13.6. The van der Waals surface area contributed by atoms with Gasteiger partial charge in [0.2, 0.25) is 0 Å². The molecule has 0 aromatic heterocycles. The molecule has 2 aliphatic heterocycles. The first-order valence-corrected chi connectivity index (χ1v) is 13.6. The van der Waals surface area contributed by atoms with E-state index >= 15 is 0 Å². The van der Waals surface area contributed by atoms with Gasteiger partial charge in [-0.05, 0) is 58.2 Å². The van der Waals surface area contributed by atoms with Crippen LogP contribution in [0.25, 0.3) is 0 Å². The van der Waals surface area contributed by atoms with Crippen LogP contribution in [0.1, 0.15) is 57.3 Å². The third-order valence-electron chi connectivity index (χ3n) is 7.32. The molecule has 0 bridgehead atoms. The Morgan fingerprint density at radius 3 is 2.62 bits per heavy atom. The Kier molecular flexibility index (Phi) is 9.02. The lowest BCUT2D eigenvalue weighted by molar-refractivity contribution is -0.138. The second-order valence-corrected chi connectivity index (χ2v) is 11.5. The van der Waals surface area contributed by atoms with Gasteiger partial charge in [0.25, 0.3) is 0 Å². The van der Waals surface area contributed by atoms with Crippen molar-refractivity contribution < 1.29 is 37.0 Å². The van der Waals surface area contributed by atoms with Gasteiger partial charge in [-0.2, -0.15) is 13.2 Å². The van der Waals surface area contributed by atoms with Crippen molar-refractivity contribution >= 4 is 17.9 Å². The number of allylic oxidation sites excluding steroid dienone is 3. The van der Waals surface area contributed by atoms with E-state index in [0.29, 0.717) is 24.1 Å². The van der Waals surface area contributed by atoms with Crippen molar-refractivity contribution in [1.82, 2.24) is 10.2 Å². The minimum atomic E-state index is -4.47. The topological polar surface area (TPSA) is 89.1 Å². The number of carbonyl (C=O) groups is 2. The molecule has 0 saturated carbocycles. The van der Waals surface area contributed by atoms with E-state index in [-0.39, 0.29) is 37.6 Å². The van der Waals surface area contributed by atoms with Gasteiger partial charge in [0, 0.05) is 49.3 Å². The number of amides is 2. The van der Waals surface area contributed by atoms with Crippen LogP contribution in [0.2, 0.25) is 0 Å². The number of alkyl carbamates (subject to hydrolysis) is 1. The van der Waals surface area contributed by atoms with E-state index in [1.54, 1.807) is 27.8 Å². The smallest absolute Gasteiger partial charge is 0.416 e. The molecule has 1 saturated heterocycles. The minimum Gasteiger partial charge on any atom is -0.447 e. The number of alkyl halides is 3. The molecule has 1 aromatic rings. The van der Waals surface area contributed by atoms with Crippen LogP contribution in [0.3, 0.4) is 0 Å². The van der Waals surface area contributed by atoms with Crippen LogP contribution in [0.5, 0.6) is 0 Å². The Morgan fingerprint density at radius 1 is 1.18 bits per heavy atom. The van der Waals surface area contributed by atoms with Crippen LogP contribution >= 0.6 is 0 Å². The van der Waals surface area contributed by atoms with Gasteiger partial charge in [0.05, 0.1) is 17.8 Å². The summed E-state index contributed by atoms with van der Waals surface area (Å²) in [5.74, 6) is 0.152. The van der Waals surface area contributed by atoms with Gasteiger partial charge in [0.15, 0.2) is 0 Å². The lowest BCUT2D eigenvalue weighted by Gasteiger charge is -2.47. The highest BCUT2D eigenvalue weighted by Crippen LogP contribution is 2.49. The summed E-state index contributed by atoms with van der Waals surface area (Å²) >= 11 is 0. The van der Waals surface area contributed by atoms with Crippen LogP contribution in [-0.2, 0) is 20.4 Å². The summed E-state index contributed by atoms with van der Waals surface area (Å²) in [5.41, 5.74) is -0.228. The van der Waals surface area contributed by atoms with Crippen molar-refractivity contribution in [2.45, 2.75) is 70.1 Å². The number of halogens is 3. The zero-order chi connectivity index (χ0) is 29.1. The first kappa shape index (κ1) is 29.8. The van der Waals surface area contributed by atoms with E-state index in [4.69, 9.17) is 14.2 Å². The molecule has 1 aliphatic carbocycles. The molecular formula is C29H38F3N3O5. The lowest BCUT2D eigenvalue weighted by atomic mass is 9.73. The van der Waals surface area contributed by atoms with Crippen molar-refractivity contribution in [1.29, 1.82) is 0 Å². The van der Waals surface area contributed by atoms with Crippen molar-refractivity contribution in [2.24, 2.45) is 11.8 Å². The molecule has 1 fully saturated rings. The van der Waals surface area contributed by atoms with Crippen LogP contribution < -0.4 is 10.6 Å². The van der Waals surface area contributed by atoms with Gasteiger partial charge in [-0.25, -0.2) is 9.59 Å². The maximum Gasteiger partial charge on any atom is 0.416 e. The molecule has 5 atom stereocenters. The number of benzene rings is 1. The largest absolute Gasteiger partial charge is 0.447 e. The number of fused-ring (bicyclic) bond motifs is 3. The molecule has 3 aliphatic rings. The molecule has 2 N–H and O–H groups in total. The molecule has 2 heterocycles. The molecule has 4 rings (SSSR count). The number of likely N-dealkylation sites (N-methyl/N-ethyl adjacent to an activating group) is 1. The molecule has 2 amide bonds. The number of hydrogen-bond acceptors (Lipinski definition) is 6. The molecule has 0 radical (unpaired) electrons. The van der Waals surface area contributed by atoms with Crippen molar-refractivity contribution in [2.75, 3.05) is 32.1 Å². The number of rotatable bonds is 6. The van der Waals surface area contributed by atoms with Gasteiger partial charge >= 0.3 is 18.4 Å². The third-order valence-corrected chi connectivity index (χ3v) is 7.32. The maximum absolute atomic E-state index is 13.5. The molecular weight excluding hydrogens is 527 g/mol. The maximum atomic E-state index is 13.5. The summed E-state index contributed by atoms with van der Waals surface area (Å²) in [6.45, 7) is 5.67. The molecule has 0 spiro atoms. The SMILES string of the molecule is CN(CCNC(=O)OC[C@H]1CC[C@@H]2[C@H](O1)c1cc(C(F)(F)F)ccc1N[C@H]2C1C=CC=CC1)C(=O)OC(C)(C)C. The van der Waals surface area contributed by atoms with E-state index in [0.717, 1.165) is 12.5 Å². The van der Waals surface area contributed by atoms with Gasteiger partial charge in [-0.3, -0.25) is 0 Å². The normalized spacial score (nSPS) is 25.7. The summed E-state index contributed by atoms with van der Waals surface area (Å²) in [6, 6.07) is 3.75. The van der Waals surface area contributed by atoms with E-state index in [1.807, 2.05) is 12.2 Å². The van der Waals surface area contributed by atoms with E-state index in [9.17, 15) is 22.8 Å². The van der Waals surface area contributed by atoms with Crippen LogP contribution in [-0.4, -0.2) is 61.6 Å². The fourth-order valence-corrected chi connectivity index (χ4v) is 5.36. The van der Waals surface area contributed by atoms with E-state index < -0.39 is 41.7 Å². The molecule has 40 heavy (non-hydrogen) atoms. The fraction of sp³-hybridized carbons (Fsp3) is 0.586. The summed E-state index contributed by atoms with van der Waals surface area (Å²) < 4.78 is 57.6. The van der Waals surface area contributed by atoms with Crippen molar-refractivity contribution in [3.05, 3.63) is 53.6 Å². The molecule has 11 heteroatoms. The van der Waals surface area contributed by atoms with Crippen LogP contribution in [0.4, 0.5) is 28.4 Å². The molecule has 1 unspecified atom stereocenters. The Balaban J connectivity index is 1.36. The summed E-state index contributed by atoms with van der Waals surface area (Å²) in [5, 5.41) is 6.10. The number of carbonyl (C=O) groups excluding carboxylic acids is 2. The zero-order valence-corrected chi connectivity index (χ0v) is 23.3. The standard InChI is InChI=1S/C29H38F3N3O5/c1-28(2,3)40-27(37)35(4)15-14-33-26(36)38-17-20-11-12-21-24(18-8-6-5-7-9-18)34-23-13-10-19(29(30,31)32)16-22(23)25(21)39-20/h5-8,10,13,16,18,20-21,24-25,34H,9,11-12,14-15,17H2,1-4H3,(H,33,36)/t18?,20-,21+,24+,25+/m1/s1. The Bertz CT molecular complexity index is 1130. The highest BCUT2D eigenvalue weighted by molar-refractivity contribution is 5.68. The molecule has 1 aromatic carbocycles. The van der Waals surface area contributed by atoms with Gasteiger partial charge < -0.3 is 29.7 Å². The van der Waals surface area contributed by atoms with Crippen LogP contribution in [0.15, 0.2) is 42.5 Å². The fourth-order valence-electron chi connectivity index (χ4n) is 5.36. The second kappa shape index (κ2) is 12.1. The summed E-state index contributed by atoms with van der Waals surface area (Å²) in [4.78, 5) is 25.7. The first-order chi connectivity index (χ1) is 18.8. The Hall–Kier alpha value is -3.21. The van der Waals surface area contributed by atoms with Crippen molar-refractivity contribution in [3.8, 4) is 0 Å². The van der Waals surface area contributed by atoms with E-state index in [2.05, 4.69) is 22.8 Å². The minimum absolute atomic E-state index is 0.00238. The second-order valence-electron chi connectivity index (χ2n) is 11.5. The third kappa shape index (κ3) is 7.50. The van der Waals surface area contributed by atoms with Crippen molar-refractivity contribution in [3.63, 3.8) is 0 Å². The average molecular weight is 566 g/mol. The highest BCUT2D eigenvalue weighted by Gasteiger charge is 2.45. The number of nitrogens with zero attached hydrogens (tertiary/aromatic N) is 1. The Labute approximate surface area is 232 Å². The predicted octanol–water partition coefficient (Wildman–Crippen LogP) is 6.06. The number of anilines is 1. The molecule has 220 valence electrons. The number of nitrogens with one attached hydrogen (secondary N) is 2. The predicted molar refractivity (Wildman–Crippen MR) is 144 cm³/mol. The van der Waals surface area contributed by atoms with Gasteiger partial charge in [-0.15, -0.1) is 0 Å². The lowest BCUT2D eigenvalue weighted by Crippen LogP contribution is -2.47. The summed E-state index contributed by atoms with van der Waals surface area (Å²) in [6.07, 6.45) is 3.72. The summed E-state index contributed by atoms with van der Waals surface area (Å²) in [7, 11) is 1.57. The Morgan fingerprint density at radius 2 is 1.95 bits per heavy atom. The highest BCUT2D eigenvalue weighted by atomic mass is 19.4. The van der Waals surface area contributed by atoms with Crippen LogP contribution in [0, 0.1) is 11.8 Å². The monoisotopic (exact) mass is 565 g/mol. The van der Waals surface area contributed by atoms with E-state index in [1.165, 1.54) is 17.0 Å². The zero-order valence-electron chi connectivity index (χ0n) is 23.3. The average Bonchev–Trinajstić information content (AvgIpc) is 2.90. The molecule has 8 nitrogen and oxygen atoms in total. The van der Waals surface area contributed by atoms with Gasteiger partial charge in [-0.1, -0.05) is 24.3 Å². The number of ether oxygens (including phenoxy) is 3. The quantitative estimate of drug-likeness (QED) is 0.436. The number of hydrogen-bond donors (Lipinski definition) is 2. The van der Waals surface area contributed by atoms with Gasteiger partial charge in [0.1, 0.15) is 12.2 Å².